The van der Waals surface area contributed by atoms with Crippen molar-refractivity contribution in [2.24, 2.45) is 0 Å². The van der Waals surface area contributed by atoms with Crippen LogP contribution in [0.4, 0.5) is 28.0 Å². The molecule has 0 radical (unpaired) electrons. The Hall–Kier alpha value is -1.83. The molecule has 0 aliphatic rings. The van der Waals surface area contributed by atoms with Gasteiger partial charge in [0.25, 0.3) is 0 Å². The molecule has 0 saturated heterocycles. The molecule has 100 valence electrons. The molecular weight excluding hydrogens is 258 g/mol. The van der Waals surface area contributed by atoms with E-state index >= 15 is 0 Å². The highest BCUT2D eigenvalue weighted by Crippen LogP contribution is 2.31. The molecular formula is C10H9F4NO3. The molecule has 1 rings (SSSR count). The summed E-state index contributed by atoms with van der Waals surface area (Å²) in [6.07, 6.45) is -5.79. The molecule has 1 aromatic rings. The van der Waals surface area contributed by atoms with E-state index < -0.39 is 35.9 Å². The van der Waals surface area contributed by atoms with Gasteiger partial charge >= 0.3 is 12.3 Å². The van der Waals surface area contributed by atoms with Gasteiger partial charge in [-0.25, -0.2) is 9.18 Å². The maximum Gasteiger partial charge on any atom is 0.416 e. The van der Waals surface area contributed by atoms with Crippen LogP contribution < -0.4 is 5.32 Å². The number of amides is 1. The normalized spacial score (nSPS) is 11.2. The third-order valence-electron chi connectivity index (χ3n) is 1.85. The summed E-state index contributed by atoms with van der Waals surface area (Å²) in [5.41, 5.74) is -1.74. The highest BCUT2D eigenvalue weighted by Gasteiger charge is 2.31. The molecule has 0 spiro atoms. The molecule has 18 heavy (non-hydrogen) atoms. The SMILES string of the molecule is O=C(Nc1cc(C(F)(F)F)ccc1F)OCCO. The van der Waals surface area contributed by atoms with Gasteiger partial charge in [0.2, 0.25) is 0 Å². The van der Waals surface area contributed by atoms with Crippen molar-refractivity contribution in [2.75, 3.05) is 18.5 Å². The molecule has 0 fully saturated rings. The Bertz CT molecular complexity index is 434. The van der Waals surface area contributed by atoms with E-state index in [9.17, 15) is 22.4 Å². The van der Waals surface area contributed by atoms with Gasteiger partial charge in [0.15, 0.2) is 0 Å². The second-order valence-electron chi connectivity index (χ2n) is 3.18. The van der Waals surface area contributed by atoms with Crippen LogP contribution in [0.2, 0.25) is 0 Å². The number of aliphatic hydroxyl groups is 1. The number of alkyl halides is 3. The van der Waals surface area contributed by atoms with Gasteiger partial charge in [0, 0.05) is 0 Å². The Balaban J connectivity index is 2.85. The Labute approximate surface area is 99.2 Å². The summed E-state index contributed by atoms with van der Waals surface area (Å²) < 4.78 is 54.5. The fraction of sp³-hybridized carbons (Fsp3) is 0.300. The van der Waals surface area contributed by atoms with Crippen molar-refractivity contribution in [2.45, 2.75) is 6.18 Å². The van der Waals surface area contributed by atoms with Crippen molar-refractivity contribution in [1.82, 2.24) is 0 Å². The fourth-order valence-corrected chi connectivity index (χ4v) is 1.08. The van der Waals surface area contributed by atoms with Crippen LogP contribution in [0.1, 0.15) is 5.56 Å². The lowest BCUT2D eigenvalue weighted by molar-refractivity contribution is -0.137. The lowest BCUT2D eigenvalue weighted by Crippen LogP contribution is -2.17. The minimum atomic E-state index is -4.64. The van der Waals surface area contributed by atoms with Gasteiger partial charge in [-0.2, -0.15) is 13.2 Å². The largest absolute Gasteiger partial charge is 0.447 e. The minimum absolute atomic E-state index is 0.341. The fourth-order valence-electron chi connectivity index (χ4n) is 1.08. The van der Waals surface area contributed by atoms with Gasteiger partial charge in [0.1, 0.15) is 12.4 Å². The number of anilines is 1. The quantitative estimate of drug-likeness (QED) is 0.827. The van der Waals surface area contributed by atoms with Gasteiger partial charge in [-0.05, 0) is 18.2 Å². The van der Waals surface area contributed by atoms with Gasteiger partial charge in [-0.3, -0.25) is 5.32 Å². The molecule has 0 saturated carbocycles. The molecule has 4 nitrogen and oxygen atoms in total. The van der Waals surface area contributed by atoms with Crippen LogP contribution in [0.15, 0.2) is 18.2 Å². The van der Waals surface area contributed by atoms with Crippen LogP contribution in [0.25, 0.3) is 0 Å². The van der Waals surface area contributed by atoms with Crippen molar-refractivity contribution in [3.8, 4) is 0 Å². The first-order valence-electron chi connectivity index (χ1n) is 4.76. The standard InChI is InChI=1S/C10H9F4NO3/c11-7-2-1-6(10(12,13)14)5-8(7)15-9(17)18-4-3-16/h1-2,5,16H,3-4H2,(H,15,17). The second kappa shape index (κ2) is 5.67. The zero-order chi connectivity index (χ0) is 13.8. The van der Waals surface area contributed by atoms with E-state index in [1.807, 2.05) is 5.32 Å². The lowest BCUT2D eigenvalue weighted by atomic mass is 10.2. The Kier molecular flexibility index (Phi) is 4.49. The highest BCUT2D eigenvalue weighted by molar-refractivity contribution is 5.84. The zero-order valence-corrected chi connectivity index (χ0v) is 8.92. The number of hydrogen-bond acceptors (Lipinski definition) is 3. The first-order valence-corrected chi connectivity index (χ1v) is 4.76. The van der Waals surface area contributed by atoms with Crippen LogP contribution >= 0.6 is 0 Å². The monoisotopic (exact) mass is 267 g/mol. The molecule has 0 aliphatic carbocycles. The molecule has 1 aromatic carbocycles. The van der Waals surface area contributed by atoms with E-state index in [1.165, 1.54) is 0 Å². The maximum atomic E-state index is 13.2. The van der Waals surface area contributed by atoms with Crippen molar-refractivity contribution in [3.63, 3.8) is 0 Å². The average Bonchev–Trinajstić information content (AvgIpc) is 2.28. The lowest BCUT2D eigenvalue weighted by Gasteiger charge is -2.10. The van der Waals surface area contributed by atoms with Gasteiger partial charge < -0.3 is 9.84 Å². The zero-order valence-electron chi connectivity index (χ0n) is 8.92. The van der Waals surface area contributed by atoms with Crippen LogP contribution in [0.3, 0.4) is 0 Å². The Morgan fingerprint density at radius 2 is 2.06 bits per heavy atom. The third kappa shape index (κ3) is 3.88. The van der Waals surface area contributed by atoms with Crippen LogP contribution in [0.5, 0.6) is 0 Å². The number of halogens is 4. The van der Waals surface area contributed by atoms with E-state index in [0.29, 0.717) is 18.2 Å². The number of nitrogens with one attached hydrogen (secondary N) is 1. The van der Waals surface area contributed by atoms with E-state index in [2.05, 4.69) is 4.74 Å². The molecule has 0 unspecified atom stereocenters. The van der Waals surface area contributed by atoms with E-state index in [-0.39, 0.29) is 6.61 Å². The van der Waals surface area contributed by atoms with Crippen molar-refractivity contribution >= 4 is 11.8 Å². The Morgan fingerprint density at radius 1 is 1.39 bits per heavy atom. The summed E-state index contributed by atoms with van der Waals surface area (Å²) in [7, 11) is 0. The number of rotatable bonds is 3. The average molecular weight is 267 g/mol. The van der Waals surface area contributed by atoms with E-state index in [4.69, 9.17) is 5.11 Å². The van der Waals surface area contributed by atoms with Crippen molar-refractivity contribution in [3.05, 3.63) is 29.6 Å². The minimum Gasteiger partial charge on any atom is -0.447 e. The number of aliphatic hydroxyl groups excluding tert-OH is 1. The molecule has 0 bridgehead atoms. The summed E-state index contributed by atoms with van der Waals surface area (Å²) >= 11 is 0. The van der Waals surface area contributed by atoms with E-state index in [0.717, 1.165) is 0 Å². The summed E-state index contributed by atoms with van der Waals surface area (Å²) in [6, 6.07) is 1.60. The predicted molar refractivity (Wildman–Crippen MR) is 53.5 cm³/mol. The predicted octanol–water partition coefficient (Wildman–Crippen LogP) is 2.39. The molecule has 8 heteroatoms. The van der Waals surface area contributed by atoms with Crippen molar-refractivity contribution < 1.29 is 32.2 Å². The molecule has 0 aliphatic heterocycles. The molecule has 0 heterocycles. The molecule has 2 N–H and O–H groups in total. The smallest absolute Gasteiger partial charge is 0.416 e. The highest BCUT2D eigenvalue weighted by atomic mass is 19.4. The molecule has 1 amide bonds. The van der Waals surface area contributed by atoms with E-state index in [1.54, 1.807) is 0 Å². The summed E-state index contributed by atoms with van der Waals surface area (Å²) in [4.78, 5) is 11.0. The first kappa shape index (κ1) is 14.2. The first-order chi connectivity index (χ1) is 8.34. The number of ether oxygens (including phenoxy) is 1. The topological polar surface area (TPSA) is 58.6 Å². The van der Waals surface area contributed by atoms with Gasteiger partial charge in [0.05, 0.1) is 17.9 Å². The van der Waals surface area contributed by atoms with Gasteiger partial charge in [-0.1, -0.05) is 0 Å². The molecule has 0 aromatic heterocycles. The molecule has 0 atom stereocenters. The number of carbonyl (C=O) groups excluding carboxylic acids is 1. The summed E-state index contributed by atoms with van der Waals surface area (Å²) in [5.74, 6) is -1.02. The van der Waals surface area contributed by atoms with Crippen molar-refractivity contribution in [1.29, 1.82) is 0 Å². The summed E-state index contributed by atoms with van der Waals surface area (Å²) in [5, 5.41) is 10.2. The van der Waals surface area contributed by atoms with Crippen LogP contribution in [-0.4, -0.2) is 24.4 Å². The second-order valence-corrected chi connectivity index (χ2v) is 3.18. The summed E-state index contributed by atoms with van der Waals surface area (Å²) in [6.45, 7) is -0.787. The number of carbonyl (C=O) groups is 1. The maximum absolute atomic E-state index is 13.2. The van der Waals surface area contributed by atoms with Gasteiger partial charge in [-0.15, -0.1) is 0 Å². The number of hydrogen-bond donors (Lipinski definition) is 2. The number of benzene rings is 1. The van der Waals surface area contributed by atoms with Crippen LogP contribution in [-0.2, 0) is 10.9 Å². The Morgan fingerprint density at radius 3 is 2.61 bits per heavy atom. The third-order valence-corrected chi connectivity index (χ3v) is 1.85. The van der Waals surface area contributed by atoms with Crippen LogP contribution in [0, 0.1) is 5.82 Å².